The molecule has 1 saturated heterocycles. The summed E-state index contributed by atoms with van der Waals surface area (Å²) in [5, 5.41) is 48.9. The van der Waals surface area contributed by atoms with Crippen molar-refractivity contribution in [1.29, 1.82) is 0 Å². The first-order valence-corrected chi connectivity index (χ1v) is 9.31. The van der Waals surface area contributed by atoms with E-state index < -0.39 is 23.7 Å². The van der Waals surface area contributed by atoms with Crippen LogP contribution < -0.4 is 9.47 Å². The number of ether oxygens (including phenoxy) is 2. The van der Waals surface area contributed by atoms with Crippen molar-refractivity contribution in [2.75, 3.05) is 20.2 Å². The number of piperidine rings is 1. The highest BCUT2D eigenvalue weighted by atomic mass is 16.9. The van der Waals surface area contributed by atoms with Crippen molar-refractivity contribution < 1.29 is 39.8 Å². The van der Waals surface area contributed by atoms with Gasteiger partial charge in [-0.25, -0.2) is 0 Å². The maximum Gasteiger partial charge on any atom is 0.453 e. The van der Waals surface area contributed by atoms with Crippen LogP contribution in [0.5, 0.6) is 23.0 Å². The van der Waals surface area contributed by atoms with Crippen LogP contribution >= 0.6 is 0 Å². The zero-order valence-corrected chi connectivity index (χ0v) is 16.2. The quantitative estimate of drug-likeness (QED) is 0.357. The van der Waals surface area contributed by atoms with Crippen LogP contribution in [0.25, 0.3) is 0 Å². The SMILES string of the molecule is COc1c(O)c2c(c(O)c1OC(O)(O)O)C1CC(=O)C(CC(C)C)CN1CC2. The summed E-state index contributed by atoms with van der Waals surface area (Å²) in [5.41, 5.74) is 0.692. The van der Waals surface area contributed by atoms with Gasteiger partial charge in [0.25, 0.3) is 0 Å². The number of phenolic OH excluding ortho intramolecular Hbond substituents is 2. The lowest BCUT2D eigenvalue weighted by molar-refractivity contribution is -0.420. The van der Waals surface area contributed by atoms with E-state index >= 15 is 0 Å². The van der Waals surface area contributed by atoms with E-state index in [1.54, 1.807) is 0 Å². The molecule has 2 unspecified atom stereocenters. The summed E-state index contributed by atoms with van der Waals surface area (Å²) in [6.07, 6.45) is -2.23. The molecule has 2 heterocycles. The lowest BCUT2D eigenvalue weighted by Crippen LogP contribution is -2.46. The van der Waals surface area contributed by atoms with Crippen molar-refractivity contribution >= 4 is 5.78 Å². The average molecular weight is 397 g/mol. The molecule has 1 aromatic carbocycles. The van der Waals surface area contributed by atoms with Crippen molar-refractivity contribution in [3.05, 3.63) is 11.1 Å². The van der Waals surface area contributed by atoms with Crippen molar-refractivity contribution in [1.82, 2.24) is 4.90 Å². The third kappa shape index (κ3) is 3.75. The molecular weight excluding hydrogens is 370 g/mol. The summed E-state index contributed by atoms with van der Waals surface area (Å²) in [6.45, 7) is 5.28. The number of hydrogen-bond donors (Lipinski definition) is 5. The number of aliphatic hydroxyl groups is 3. The highest BCUT2D eigenvalue weighted by Crippen LogP contribution is 2.54. The number of rotatable bonds is 5. The Bertz CT molecular complexity index is 770. The fourth-order valence-electron chi connectivity index (χ4n) is 4.34. The van der Waals surface area contributed by atoms with E-state index in [0.717, 1.165) is 6.42 Å². The van der Waals surface area contributed by atoms with Crippen LogP contribution in [0.4, 0.5) is 0 Å². The second kappa shape index (κ2) is 7.40. The Hall–Kier alpha value is -2.07. The minimum Gasteiger partial charge on any atom is -0.504 e. The molecule has 2 atom stereocenters. The Morgan fingerprint density at radius 3 is 2.43 bits per heavy atom. The molecular formula is C19H27NO8. The van der Waals surface area contributed by atoms with E-state index in [0.29, 0.717) is 31.0 Å². The molecule has 0 aliphatic carbocycles. The van der Waals surface area contributed by atoms with E-state index in [4.69, 9.17) is 4.74 Å². The Labute approximate surface area is 162 Å². The standard InChI is InChI=1S/C19H27NO8/c1-9(2)6-10-8-20-5-4-11-14(12(20)7-13(10)21)16(23)18(28-19(24,25)26)17(27-3)15(11)22/h9-10,12,22-26H,4-8H2,1-3H3. The summed E-state index contributed by atoms with van der Waals surface area (Å²) in [6, 6.07) is -0.482. The first-order valence-electron chi connectivity index (χ1n) is 9.31. The summed E-state index contributed by atoms with van der Waals surface area (Å²) in [4.78, 5) is 14.8. The van der Waals surface area contributed by atoms with Gasteiger partial charge in [0, 0.05) is 42.6 Å². The molecule has 28 heavy (non-hydrogen) atoms. The predicted octanol–water partition coefficient (Wildman–Crippen LogP) is 0.608. The number of benzene rings is 1. The minimum absolute atomic E-state index is 0.0810. The third-order valence-electron chi connectivity index (χ3n) is 5.43. The fraction of sp³-hybridized carbons (Fsp3) is 0.632. The topological polar surface area (TPSA) is 140 Å². The number of Topliss-reactive ketones (excluding diaryl/α,β-unsaturated/α-hetero) is 1. The van der Waals surface area contributed by atoms with E-state index in [1.165, 1.54) is 7.11 Å². The van der Waals surface area contributed by atoms with Crippen LogP contribution in [0.15, 0.2) is 0 Å². The Kier molecular flexibility index (Phi) is 5.46. The molecule has 3 rings (SSSR count). The molecule has 5 N–H and O–H groups in total. The fourth-order valence-corrected chi connectivity index (χ4v) is 4.34. The average Bonchev–Trinajstić information content (AvgIpc) is 2.58. The Morgan fingerprint density at radius 1 is 1.18 bits per heavy atom. The number of hydrogen-bond acceptors (Lipinski definition) is 9. The molecule has 0 bridgehead atoms. The predicted molar refractivity (Wildman–Crippen MR) is 96.9 cm³/mol. The molecule has 9 heteroatoms. The maximum atomic E-state index is 12.7. The highest BCUT2D eigenvalue weighted by molar-refractivity contribution is 5.83. The van der Waals surface area contributed by atoms with Gasteiger partial charge in [0.2, 0.25) is 11.5 Å². The summed E-state index contributed by atoms with van der Waals surface area (Å²) in [7, 11) is 1.21. The van der Waals surface area contributed by atoms with Crippen molar-refractivity contribution in [3.63, 3.8) is 0 Å². The molecule has 0 spiro atoms. The van der Waals surface area contributed by atoms with Gasteiger partial charge in [0.1, 0.15) is 5.78 Å². The van der Waals surface area contributed by atoms with Crippen LogP contribution in [0.3, 0.4) is 0 Å². The van der Waals surface area contributed by atoms with Crippen LogP contribution in [-0.4, -0.2) is 62.6 Å². The van der Waals surface area contributed by atoms with Crippen LogP contribution in [-0.2, 0) is 11.2 Å². The van der Waals surface area contributed by atoms with Gasteiger partial charge in [-0.05, 0) is 18.8 Å². The molecule has 2 aliphatic heterocycles. The number of carbonyl (C=O) groups excluding carboxylic acids is 1. The number of carbonyl (C=O) groups is 1. The van der Waals surface area contributed by atoms with E-state index in [-0.39, 0.29) is 35.2 Å². The Morgan fingerprint density at radius 2 is 1.86 bits per heavy atom. The number of phenols is 2. The first-order chi connectivity index (χ1) is 13.0. The Balaban J connectivity index is 2.05. The summed E-state index contributed by atoms with van der Waals surface area (Å²) < 4.78 is 9.65. The third-order valence-corrected chi connectivity index (χ3v) is 5.43. The van der Waals surface area contributed by atoms with Crippen LogP contribution in [0.2, 0.25) is 0 Å². The summed E-state index contributed by atoms with van der Waals surface area (Å²) >= 11 is 0. The monoisotopic (exact) mass is 397 g/mol. The van der Waals surface area contributed by atoms with Crippen molar-refractivity contribution in [2.24, 2.45) is 11.8 Å². The summed E-state index contributed by atoms with van der Waals surface area (Å²) in [5.74, 6) is -1.38. The maximum absolute atomic E-state index is 12.7. The van der Waals surface area contributed by atoms with Gasteiger partial charge in [-0.3, -0.25) is 9.69 Å². The second-order valence-electron chi connectivity index (χ2n) is 7.89. The van der Waals surface area contributed by atoms with Gasteiger partial charge in [0.15, 0.2) is 11.5 Å². The number of fused-ring (bicyclic) bond motifs is 3. The molecule has 0 amide bonds. The molecule has 0 aromatic heterocycles. The number of aromatic hydroxyl groups is 2. The number of ketones is 1. The number of methoxy groups -OCH3 is 1. The van der Waals surface area contributed by atoms with Gasteiger partial charge in [-0.2, -0.15) is 0 Å². The van der Waals surface area contributed by atoms with E-state index in [9.17, 15) is 30.3 Å². The lowest BCUT2D eigenvalue weighted by atomic mass is 9.79. The zero-order valence-electron chi connectivity index (χ0n) is 16.2. The first kappa shape index (κ1) is 20.7. The van der Waals surface area contributed by atoms with Gasteiger partial charge >= 0.3 is 6.16 Å². The van der Waals surface area contributed by atoms with E-state index in [2.05, 4.69) is 23.5 Å². The van der Waals surface area contributed by atoms with Gasteiger partial charge in [-0.1, -0.05) is 13.8 Å². The highest BCUT2D eigenvalue weighted by Gasteiger charge is 2.43. The molecule has 156 valence electrons. The molecule has 1 aromatic rings. The largest absolute Gasteiger partial charge is 0.504 e. The molecule has 0 radical (unpaired) electrons. The molecule has 0 saturated carbocycles. The zero-order chi connectivity index (χ0) is 20.8. The second-order valence-corrected chi connectivity index (χ2v) is 7.89. The molecule has 9 nitrogen and oxygen atoms in total. The van der Waals surface area contributed by atoms with Crippen LogP contribution in [0.1, 0.15) is 43.9 Å². The normalized spacial score (nSPS) is 22.8. The molecule has 2 aliphatic rings. The van der Waals surface area contributed by atoms with Crippen molar-refractivity contribution in [3.8, 4) is 23.0 Å². The van der Waals surface area contributed by atoms with Crippen molar-refractivity contribution in [2.45, 2.75) is 45.3 Å². The van der Waals surface area contributed by atoms with E-state index in [1.807, 2.05) is 0 Å². The number of nitrogens with zero attached hydrogens (tertiary/aromatic N) is 1. The van der Waals surface area contributed by atoms with Gasteiger partial charge < -0.3 is 35.0 Å². The van der Waals surface area contributed by atoms with Crippen LogP contribution in [0, 0.1) is 11.8 Å². The molecule has 1 fully saturated rings. The minimum atomic E-state index is -3.58. The lowest BCUT2D eigenvalue weighted by Gasteiger charge is -2.43. The van der Waals surface area contributed by atoms with Gasteiger partial charge in [-0.15, -0.1) is 0 Å². The smallest absolute Gasteiger partial charge is 0.453 e. The van der Waals surface area contributed by atoms with Gasteiger partial charge in [0.05, 0.1) is 7.11 Å².